The van der Waals surface area contributed by atoms with E-state index in [1.807, 2.05) is 24.7 Å². The maximum absolute atomic E-state index is 12.6. The van der Waals surface area contributed by atoms with Crippen LogP contribution in [0.15, 0.2) is 23.7 Å². The Morgan fingerprint density at radius 3 is 2.68 bits per heavy atom. The third kappa shape index (κ3) is 2.67. The molecule has 0 N–H and O–H groups in total. The standard InChI is InChI=1S/C13H19N5O3S/c1-10-6-17(3)13(15-10)11-7-18(4-5-21-11)22(19,20)12-8-16(2)9-14-12/h6,8-9,11H,4-5,7H2,1-3H3/t11-/m1/s1. The minimum atomic E-state index is -3.60. The van der Waals surface area contributed by atoms with Gasteiger partial charge in [0.25, 0.3) is 10.0 Å². The van der Waals surface area contributed by atoms with Crippen LogP contribution in [-0.2, 0) is 28.9 Å². The van der Waals surface area contributed by atoms with Crippen molar-refractivity contribution in [2.24, 2.45) is 14.1 Å². The highest BCUT2D eigenvalue weighted by atomic mass is 32.2. The maximum atomic E-state index is 12.6. The zero-order valence-electron chi connectivity index (χ0n) is 12.8. The number of imidazole rings is 2. The van der Waals surface area contributed by atoms with Crippen molar-refractivity contribution in [3.05, 3.63) is 30.2 Å². The molecule has 2 aromatic rings. The summed E-state index contributed by atoms with van der Waals surface area (Å²) in [6, 6.07) is 0. The van der Waals surface area contributed by atoms with Crippen molar-refractivity contribution in [1.29, 1.82) is 0 Å². The number of aryl methyl sites for hydroxylation is 3. The molecule has 0 aliphatic carbocycles. The van der Waals surface area contributed by atoms with E-state index in [2.05, 4.69) is 9.97 Å². The van der Waals surface area contributed by atoms with Crippen LogP contribution < -0.4 is 0 Å². The van der Waals surface area contributed by atoms with Crippen LogP contribution in [0.5, 0.6) is 0 Å². The van der Waals surface area contributed by atoms with Crippen molar-refractivity contribution in [2.45, 2.75) is 18.1 Å². The highest BCUT2D eigenvalue weighted by Gasteiger charge is 2.34. The normalized spacial score (nSPS) is 20.4. The molecule has 0 amide bonds. The first-order valence-corrected chi connectivity index (χ1v) is 8.41. The van der Waals surface area contributed by atoms with Crippen LogP contribution >= 0.6 is 0 Å². The van der Waals surface area contributed by atoms with E-state index < -0.39 is 10.0 Å². The van der Waals surface area contributed by atoms with Gasteiger partial charge in [-0.15, -0.1) is 0 Å². The number of ether oxygens (including phenoxy) is 1. The van der Waals surface area contributed by atoms with Crippen molar-refractivity contribution < 1.29 is 13.2 Å². The van der Waals surface area contributed by atoms with Crippen LogP contribution in [-0.4, -0.2) is 51.5 Å². The second-order valence-electron chi connectivity index (χ2n) is 5.45. The van der Waals surface area contributed by atoms with Crippen molar-refractivity contribution >= 4 is 10.0 Å². The average molecular weight is 325 g/mol. The molecule has 0 radical (unpaired) electrons. The number of rotatable bonds is 3. The molecule has 8 nitrogen and oxygen atoms in total. The molecule has 0 unspecified atom stereocenters. The first kappa shape index (κ1) is 15.2. The fourth-order valence-corrected chi connectivity index (χ4v) is 3.98. The first-order chi connectivity index (χ1) is 10.4. The third-order valence-corrected chi connectivity index (χ3v) is 5.39. The largest absolute Gasteiger partial charge is 0.368 e. The van der Waals surface area contributed by atoms with E-state index in [-0.39, 0.29) is 17.7 Å². The lowest BCUT2D eigenvalue weighted by molar-refractivity contribution is -0.00899. The van der Waals surface area contributed by atoms with Crippen LogP contribution in [0.3, 0.4) is 0 Å². The van der Waals surface area contributed by atoms with Crippen molar-refractivity contribution in [3.8, 4) is 0 Å². The molecule has 22 heavy (non-hydrogen) atoms. The van der Waals surface area contributed by atoms with Crippen LogP contribution in [0.25, 0.3) is 0 Å². The van der Waals surface area contributed by atoms with E-state index in [1.54, 1.807) is 11.6 Å². The number of hydrogen-bond acceptors (Lipinski definition) is 5. The summed E-state index contributed by atoms with van der Waals surface area (Å²) in [5.41, 5.74) is 0.880. The molecule has 1 aliphatic rings. The Labute approximate surface area is 129 Å². The Morgan fingerprint density at radius 1 is 1.32 bits per heavy atom. The molecule has 2 aromatic heterocycles. The van der Waals surface area contributed by atoms with E-state index in [4.69, 9.17) is 4.74 Å². The summed E-state index contributed by atoms with van der Waals surface area (Å²) < 4.78 is 35.9. The van der Waals surface area contributed by atoms with Crippen LogP contribution in [0.4, 0.5) is 0 Å². The molecule has 120 valence electrons. The quantitative estimate of drug-likeness (QED) is 0.806. The Hall–Kier alpha value is -1.71. The van der Waals surface area contributed by atoms with Gasteiger partial charge in [0, 0.05) is 39.6 Å². The summed E-state index contributed by atoms with van der Waals surface area (Å²) in [6.45, 7) is 2.79. The Bertz CT molecular complexity index is 779. The molecule has 1 atom stereocenters. The van der Waals surface area contributed by atoms with Gasteiger partial charge < -0.3 is 13.9 Å². The smallest absolute Gasteiger partial charge is 0.262 e. The maximum Gasteiger partial charge on any atom is 0.262 e. The van der Waals surface area contributed by atoms with E-state index >= 15 is 0 Å². The number of morpholine rings is 1. The van der Waals surface area contributed by atoms with Crippen LogP contribution in [0.1, 0.15) is 17.6 Å². The molecule has 0 spiro atoms. The molecule has 0 saturated carbocycles. The Balaban J connectivity index is 1.85. The predicted molar refractivity (Wildman–Crippen MR) is 78.6 cm³/mol. The first-order valence-electron chi connectivity index (χ1n) is 6.97. The molecular weight excluding hydrogens is 306 g/mol. The fraction of sp³-hybridized carbons (Fsp3) is 0.538. The molecule has 0 aromatic carbocycles. The van der Waals surface area contributed by atoms with Gasteiger partial charge in [-0.1, -0.05) is 0 Å². The topological polar surface area (TPSA) is 82.2 Å². The molecular formula is C13H19N5O3S. The van der Waals surface area contributed by atoms with E-state index in [0.717, 1.165) is 11.5 Å². The minimum Gasteiger partial charge on any atom is -0.368 e. The molecule has 1 saturated heterocycles. The van der Waals surface area contributed by atoms with Gasteiger partial charge in [0.15, 0.2) is 5.03 Å². The van der Waals surface area contributed by atoms with Gasteiger partial charge in [-0.25, -0.2) is 18.4 Å². The molecule has 3 rings (SSSR count). The van der Waals surface area contributed by atoms with E-state index in [1.165, 1.54) is 16.8 Å². The molecule has 9 heteroatoms. The average Bonchev–Trinajstić information content (AvgIpc) is 3.05. The monoisotopic (exact) mass is 325 g/mol. The van der Waals surface area contributed by atoms with Crippen molar-refractivity contribution in [2.75, 3.05) is 19.7 Å². The van der Waals surface area contributed by atoms with Gasteiger partial charge in [0.2, 0.25) is 0 Å². The van der Waals surface area contributed by atoms with Crippen LogP contribution in [0.2, 0.25) is 0 Å². The van der Waals surface area contributed by atoms with Crippen molar-refractivity contribution in [3.63, 3.8) is 0 Å². The summed E-state index contributed by atoms with van der Waals surface area (Å²) in [7, 11) is 0.0169. The van der Waals surface area contributed by atoms with Gasteiger partial charge in [0.1, 0.15) is 11.9 Å². The lowest BCUT2D eigenvalue weighted by atomic mass is 10.3. The number of hydrogen-bond donors (Lipinski definition) is 0. The molecule has 1 fully saturated rings. The lowest BCUT2D eigenvalue weighted by Crippen LogP contribution is -2.42. The Morgan fingerprint density at radius 2 is 2.09 bits per heavy atom. The SMILES string of the molecule is Cc1cn(C)c([C@H]2CN(S(=O)(=O)c3cn(C)cn3)CCO2)n1. The lowest BCUT2D eigenvalue weighted by Gasteiger charge is -2.31. The highest BCUT2D eigenvalue weighted by molar-refractivity contribution is 7.89. The Kier molecular flexibility index (Phi) is 3.79. The molecule has 0 bridgehead atoms. The number of sulfonamides is 1. The summed E-state index contributed by atoms with van der Waals surface area (Å²) in [5, 5.41) is 0.0617. The van der Waals surface area contributed by atoms with Crippen LogP contribution in [0, 0.1) is 6.92 Å². The van der Waals surface area contributed by atoms with Gasteiger partial charge in [-0.2, -0.15) is 4.31 Å². The predicted octanol–water partition coefficient (Wildman–Crippen LogP) is 0.224. The van der Waals surface area contributed by atoms with Gasteiger partial charge in [0.05, 0.1) is 18.6 Å². The summed E-state index contributed by atoms with van der Waals surface area (Å²) in [6.07, 6.45) is 4.51. The number of aromatic nitrogens is 4. The summed E-state index contributed by atoms with van der Waals surface area (Å²) in [4.78, 5) is 8.38. The van der Waals surface area contributed by atoms with E-state index in [0.29, 0.717) is 13.2 Å². The van der Waals surface area contributed by atoms with E-state index in [9.17, 15) is 8.42 Å². The third-order valence-electron chi connectivity index (χ3n) is 3.64. The second kappa shape index (κ2) is 5.49. The number of nitrogens with zero attached hydrogens (tertiary/aromatic N) is 5. The fourth-order valence-electron chi connectivity index (χ4n) is 2.59. The molecule has 3 heterocycles. The second-order valence-corrected chi connectivity index (χ2v) is 7.34. The minimum absolute atomic E-state index is 0.0617. The van der Waals surface area contributed by atoms with Gasteiger partial charge in [-0.3, -0.25) is 0 Å². The molecule has 1 aliphatic heterocycles. The zero-order chi connectivity index (χ0) is 15.9. The van der Waals surface area contributed by atoms with Crippen molar-refractivity contribution in [1.82, 2.24) is 23.4 Å². The van der Waals surface area contributed by atoms with Gasteiger partial charge in [-0.05, 0) is 6.92 Å². The highest BCUT2D eigenvalue weighted by Crippen LogP contribution is 2.25. The summed E-state index contributed by atoms with van der Waals surface area (Å²) >= 11 is 0. The zero-order valence-corrected chi connectivity index (χ0v) is 13.6. The summed E-state index contributed by atoms with van der Waals surface area (Å²) in [5.74, 6) is 0.735. The van der Waals surface area contributed by atoms with Gasteiger partial charge >= 0.3 is 0 Å².